The molecule has 0 amide bonds. The summed E-state index contributed by atoms with van der Waals surface area (Å²) in [5, 5.41) is 6.15. The molecule has 2 aromatic rings. The summed E-state index contributed by atoms with van der Waals surface area (Å²) in [7, 11) is -0.600. The summed E-state index contributed by atoms with van der Waals surface area (Å²) >= 11 is 5.28. The molecule has 0 aliphatic rings. The molecule has 2 rings (SSSR count). The molecule has 0 saturated heterocycles. The highest BCUT2D eigenvalue weighted by Crippen LogP contribution is 2.26. The maximum atomic E-state index is 13.7. The summed E-state index contributed by atoms with van der Waals surface area (Å²) in [5.74, 6) is -0.330. The van der Waals surface area contributed by atoms with Crippen LogP contribution in [0.2, 0.25) is 0 Å². The molecule has 0 spiro atoms. The van der Waals surface area contributed by atoms with Crippen LogP contribution in [0.25, 0.3) is 0 Å². The molecule has 0 heterocycles. The number of sulfonamides is 1. The number of rotatable bonds is 4. The van der Waals surface area contributed by atoms with Gasteiger partial charge in [0.15, 0.2) is 5.11 Å². The third-order valence-electron chi connectivity index (χ3n) is 4.10. The van der Waals surface area contributed by atoms with Crippen molar-refractivity contribution in [3.63, 3.8) is 0 Å². The Labute approximate surface area is 159 Å². The summed E-state index contributed by atoms with van der Waals surface area (Å²) in [6, 6.07) is 7.90. The SMILES string of the molecule is Cc1ccc(NC(=S)Nc2cc(S(=O)(=O)N(C)C)cc(C)c2C)cc1F. The molecule has 0 saturated carbocycles. The average Bonchev–Trinajstić information content (AvgIpc) is 2.54. The van der Waals surface area contributed by atoms with E-state index >= 15 is 0 Å². The van der Waals surface area contributed by atoms with Crippen LogP contribution >= 0.6 is 12.2 Å². The minimum atomic E-state index is -3.56. The van der Waals surface area contributed by atoms with Gasteiger partial charge >= 0.3 is 0 Å². The van der Waals surface area contributed by atoms with Gasteiger partial charge in [-0.3, -0.25) is 0 Å². The summed E-state index contributed by atoms with van der Waals surface area (Å²) in [6.07, 6.45) is 0. The van der Waals surface area contributed by atoms with E-state index < -0.39 is 10.0 Å². The van der Waals surface area contributed by atoms with Crippen molar-refractivity contribution in [3.8, 4) is 0 Å². The number of nitrogens with zero attached hydrogens (tertiary/aromatic N) is 1. The highest BCUT2D eigenvalue weighted by Gasteiger charge is 2.19. The van der Waals surface area contributed by atoms with Crippen LogP contribution in [0.3, 0.4) is 0 Å². The Balaban J connectivity index is 2.29. The number of hydrogen-bond acceptors (Lipinski definition) is 3. The fourth-order valence-electron chi connectivity index (χ4n) is 2.27. The van der Waals surface area contributed by atoms with Crippen molar-refractivity contribution in [1.29, 1.82) is 0 Å². The second-order valence-electron chi connectivity index (χ2n) is 6.24. The summed E-state index contributed by atoms with van der Waals surface area (Å²) < 4.78 is 39.6. The fraction of sp³-hybridized carbons (Fsp3) is 0.278. The van der Waals surface area contributed by atoms with Crippen molar-refractivity contribution < 1.29 is 12.8 Å². The third kappa shape index (κ3) is 4.38. The first-order chi connectivity index (χ1) is 12.0. The maximum Gasteiger partial charge on any atom is 0.242 e. The van der Waals surface area contributed by atoms with E-state index in [2.05, 4.69) is 10.6 Å². The monoisotopic (exact) mass is 395 g/mol. The first-order valence-electron chi connectivity index (χ1n) is 7.90. The lowest BCUT2D eigenvalue weighted by atomic mass is 10.1. The molecule has 2 aromatic carbocycles. The molecule has 0 unspecified atom stereocenters. The van der Waals surface area contributed by atoms with Crippen molar-refractivity contribution >= 4 is 38.7 Å². The Morgan fingerprint density at radius 1 is 1.04 bits per heavy atom. The van der Waals surface area contributed by atoms with E-state index in [0.717, 1.165) is 15.4 Å². The van der Waals surface area contributed by atoms with Crippen LogP contribution in [0.4, 0.5) is 15.8 Å². The zero-order valence-corrected chi connectivity index (χ0v) is 17.0. The molecular weight excluding hydrogens is 373 g/mol. The number of halogens is 1. The largest absolute Gasteiger partial charge is 0.332 e. The van der Waals surface area contributed by atoms with Crippen molar-refractivity contribution in [2.24, 2.45) is 0 Å². The Bertz CT molecular complexity index is 957. The molecule has 0 aliphatic heterocycles. The van der Waals surface area contributed by atoms with E-state index in [1.807, 2.05) is 13.8 Å². The topological polar surface area (TPSA) is 61.4 Å². The van der Waals surface area contributed by atoms with Crippen LogP contribution < -0.4 is 10.6 Å². The second-order valence-corrected chi connectivity index (χ2v) is 8.80. The minimum absolute atomic E-state index is 0.178. The molecular formula is C18H22FN3O2S2. The van der Waals surface area contributed by atoms with Gasteiger partial charge in [-0.1, -0.05) is 6.07 Å². The molecule has 0 fully saturated rings. The van der Waals surface area contributed by atoms with Crippen LogP contribution in [0.15, 0.2) is 35.2 Å². The lowest BCUT2D eigenvalue weighted by Gasteiger charge is -2.18. The Morgan fingerprint density at radius 3 is 2.27 bits per heavy atom. The summed E-state index contributed by atoms with van der Waals surface area (Å²) in [4.78, 5) is 0.178. The lowest BCUT2D eigenvalue weighted by Crippen LogP contribution is -2.23. The second kappa shape index (κ2) is 7.69. The molecule has 0 bridgehead atoms. The average molecular weight is 396 g/mol. The molecule has 26 heavy (non-hydrogen) atoms. The smallest absolute Gasteiger partial charge is 0.242 e. The molecule has 140 valence electrons. The lowest BCUT2D eigenvalue weighted by molar-refractivity contribution is 0.520. The van der Waals surface area contributed by atoms with Crippen LogP contribution in [0.1, 0.15) is 16.7 Å². The van der Waals surface area contributed by atoms with Gasteiger partial charge in [-0.2, -0.15) is 0 Å². The van der Waals surface area contributed by atoms with Crippen molar-refractivity contribution in [2.75, 3.05) is 24.7 Å². The number of hydrogen-bond donors (Lipinski definition) is 2. The van der Waals surface area contributed by atoms with Crippen molar-refractivity contribution in [3.05, 3.63) is 52.8 Å². The zero-order chi connectivity index (χ0) is 19.6. The highest BCUT2D eigenvalue weighted by molar-refractivity contribution is 7.89. The fourth-order valence-corrected chi connectivity index (χ4v) is 3.51. The van der Waals surface area contributed by atoms with E-state index in [4.69, 9.17) is 12.2 Å². The van der Waals surface area contributed by atoms with Crippen molar-refractivity contribution in [1.82, 2.24) is 4.31 Å². The van der Waals surface area contributed by atoms with Gasteiger partial charge in [-0.05, 0) is 73.9 Å². The first-order valence-corrected chi connectivity index (χ1v) is 9.75. The number of aryl methyl sites for hydroxylation is 2. The van der Waals surface area contributed by atoms with Gasteiger partial charge < -0.3 is 10.6 Å². The molecule has 0 aliphatic carbocycles. The first kappa shape index (κ1) is 20.3. The quantitative estimate of drug-likeness (QED) is 0.771. The number of nitrogens with one attached hydrogen (secondary N) is 2. The molecule has 0 radical (unpaired) electrons. The molecule has 8 heteroatoms. The molecule has 2 N–H and O–H groups in total. The predicted octanol–water partition coefficient (Wildman–Crippen LogP) is 3.81. The van der Waals surface area contributed by atoms with Gasteiger partial charge in [0.25, 0.3) is 0 Å². The highest BCUT2D eigenvalue weighted by atomic mass is 32.2. The normalized spacial score (nSPS) is 11.5. The zero-order valence-electron chi connectivity index (χ0n) is 15.3. The van der Waals surface area contributed by atoms with Crippen molar-refractivity contribution in [2.45, 2.75) is 25.7 Å². The van der Waals surface area contributed by atoms with Gasteiger partial charge in [0, 0.05) is 25.5 Å². The van der Waals surface area contributed by atoms with E-state index in [9.17, 15) is 12.8 Å². The van der Waals surface area contributed by atoms with E-state index in [1.165, 1.54) is 20.2 Å². The molecule has 5 nitrogen and oxygen atoms in total. The minimum Gasteiger partial charge on any atom is -0.332 e. The van der Waals surface area contributed by atoms with Gasteiger partial charge in [0.05, 0.1) is 4.90 Å². The van der Waals surface area contributed by atoms with Gasteiger partial charge in [-0.15, -0.1) is 0 Å². The van der Waals surface area contributed by atoms with Crippen LogP contribution in [-0.2, 0) is 10.0 Å². The van der Waals surface area contributed by atoms with E-state index in [-0.39, 0.29) is 15.8 Å². The third-order valence-corrected chi connectivity index (χ3v) is 6.09. The number of benzene rings is 2. The van der Waals surface area contributed by atoms with Gasteiger partial charge in [-0.25, -0.2) is 17.1 Å². The summed E-state index contributed by atoms with van der Waals surface area (Å²) in [5.41, 5.74) is 3.33. The Hall–Kier alpha value is -2.03. The van der Waals surface area contributed by atoms with Crippen LogP contribution in [0.5, 0.6) is 0 Å². The van der Waals surface area contributed by atoms with Gasteiger partial charge in [0.2, 0.25) is 10.0 Å². The number of anilines is 2. The van der Waals surface area contributed by atoms with Gasteiger partial charge in [0.1, 0.15) is 5.82 Å². The van der Waals surface area contributed by atoms with Crippen LogP contribution in [-0.4, -0.2) is 31.9 Å². The number of thiocarbonyl (C=S) groups is 1. The molecule has 0 aromatic heterocycles. The van der Waals surface area contributed by atoms with E-state index in [0.29, 0.717) is 16.9 Å². The molecule has 0 atom stereocenters. The Kier molecular flexibility index (Phi) is 6.00. The van der Waals surface area contributed by atoms with E-state index in [1.54, 1.807) is 31.2 Å². The maximum absolute atomic E-state index is 13.7. The standard InChI is InChI=1S/C18H22FN3O2S2/c1-11-6-7-14(9-16(11)19)20-18(25)21-17-10-15(8-12(2)13(17)3)26(23,24)22(4)5/h6-10H,1-5H3,(H2,20,21,25). The summed E-state index contributed by atoms with van der Waals surface area (Å²) in [6.45, 7) is 5.39. The Morgan fingerprint density at radius 2 is 1.69 bits per heavy atom. The van der Waals surface area contributed by atoms with Crippen LogP contribution in [0, 0.1) is 26.6 Å². The predicted molar refractivity (Wildman–Crippen MR) is 108 cm³/mol.